The van der Waals surface area contributed by atoms with Crippen molar-refractivity contribution in [3.05, 3.63) is 28.2 Å². The third-order valence-corrected chi connectivity index (χ3v) is 3.45. The Labute approximate surface area is 127 Å². The first-order chi connectivity index (χ1) is 10.6. The fourth-order valence-corrected chi connectivity index (χ4v) is 2.22. The van der Waals surface area contributed by atoms with Gasteiger partial charge >= 0.3 is 0 Å². The Morgan fingerprint density at radius 1 is 1.45 bits per heavy atom. The van der Waals surface area contributed by atoms with Crippen LogP contribution in [0.3, 0.4) is 0 Å². The predicted molar refractivity (Wildman–Crippen MR) is 78.5 cm³/mol. The molecule has 2 N–H and O–H groups in total. The smallest absolute Gasteiger partial charge is 0.272 e. The number of hydrogen-bond donors (Lipinski definition) is 2. The Morgan fingerprint density at radius 2 is 2.27 bits per heavy atom. The van der Waals surface area contributed by atoms with E-state index in [-0.39, 0.29) is 23.7 Å². The minimum atomic E-state index is -0.559. The average Bonchev–Trinajstić information content (AvgIpc) is 2.71. The molecule has 2 amide bonds. The van der Waals surface area contributed by atoms with Crippen molar-refractivity contribution in [2.24, 2.45) is 0 Å². The first kappa shape index (κ1) is 16.2. The summed E-state index contributed by atoms with van der Waals surface area (Å²) >= 11 is 0. The van der Waals surface area contributed by atoms with Crippen LogP contribution in [0.25, 0.3) is 0 Å². The zero-order chi connectivity index (χ0) is 15.9. The van der Waals surface area contributed by atoms with Crippen LogP contribution in [0.5, 0.6) is 0 Å². The molecule has 1 aromatic heterocycles. The number of hydrogen-bond acceptors (Lipinski definition) is 5. The Bertz CT molecular complexity index is 599. The van der Waals surface area contributed by atoms with Gasteiger partial charge in [0, 0.05) is 19.7 Å². The molecule has 0 bridgehead atoms. The molecule has 22 heavy (non-hydrogen) atoms. The van der Waals surface area contributed by atoms with Crippen molar-refractivity contribution in [1.82, 2.24) is 20.4 Å². The molecule has 120 valence electrons. The number of nitrogens with zero attached hydrogens (tertiary/aromatic N) is 2. The molecule has 2 heterocycles. The normalized spacial score (nSPS) is 18.4. The van der Waals surface area contributed by atoms with Crippen molar-refractivity contribution >= 4 is 11.8 Å². The maximum atomic E-state index is 12.2. The predicted octanol–water partition coefficient (Wildman–Crippen LogP) is -0.712. The molecule has 8 heteroatoms. The Balaban J connectivity index is 2.08. The second-order valence-corrected chi connectivity index (χ2v) is 5.09. The summed E-state index contributed by atoms with van der Waals surface area (Å²) in [5, 5.41) is 9.43. The molecule has 0 aromatic carbocycles. The summed E-state index contributed by atoms with van der Waals surface area (Å²) in [5.74, 6) is -0.647. The second kappa shape index (κ2) is 7.69. The van der Waals surface area contributed by atoms with Crippen LogP contribution >= 0.6 is 0 Å². The van der Waals surface area contributed by atoms with E-state index in [1.54, 1.807) is 0 Å². The zero-order valence-corrected chi connectivity index (χ0v) is 12.5. The lowest BCUT2D eigenvalue weighted by atomic mass is 10.1. The molecule has 1 aliphatic rings. The van der Waals surface area contributed by atoms with Gasteiger partial charge in [0.15, 0.2) is 0 Å². The number of ether oxygens (including phenoxy) is 1. The average molecular weight is 308 g/mol. The van der Waals surface area contributed by atoms with Gasteiger partial charge in [-0.1, -0.05) is 0 Å². The van der Waals surface area contributed by atoms with Gasteiger partial charge in [-0.25, -0.2) is 4.68 Å². The third kappa shape index (κ3) is 4.14. The number of nitrogens with one attached hydrogen (secondary N) is 2. The number of amides is 2. The lowest BCUT2D eigenvalue weighted by molar-refractivity contribution is -0.122. The van der Waals surface area contributed by atoms with Crippen LogP contribution in [0.1, 0.15) is 29.8 Å². The molecular weight excluding hydrogens is 288 g/mol. The van der Waals surface area contributed by atoms with Crippen LogP contribution in [0.15, 0.2) is 16.9 Å². The molecule has 1 saturated heterocycles. The van der Waals surface area contributed by atoms with E-state index >= 15 is 0 Å². The van der Waals surface area contributed by atoms with Crippen LogP contribution in [0.4, 0.5) is 0 Å². The lowest BCUT2D eigenvalue weighted by Crippen LogP contribution is -2.46. The number of methoxy groups -OCH3 is 1. The fourth-order valence-electron chi connectivity index (χ4n) is 2.22. The number of carbonyl (C=O) groups is 2. The van der Waals surface area contributed by atoms with E-state index < -0.39 is 11.9 Å². The van der Waals surface area contributed by atoms with E-state index in [4.69, 9.17) is 4.74 Å². The van der Waals surface area contributed by atoms with Crippen LogP contribution in [-0.4, -0.2) is 47.9 Å². The van der Waals surface area contributed by atoms with Crippen molar-refractivity contribution in [2.45, 2.75) is 31.8 Å². The zero-order valence-electron chi connectivity index (χ0n) is 12.5. The van der Waals surface area contributed by atoms with Crippen molar-refractivity contribution in [2.75, 3.05) is 20.3 Å². The van der Waals surface area contributed by atoms with Crippen molar-refractivity contribution < 1.29 is 14.3 Å². The van der Waals surface area contributed by atoms with E-state index in [1.165, 1.54) is 23.9 Å². The van der Waals surface area contributed by atoms with E-state index in [0.29, 0.717) is 19.6 Å². The first-order valence-electron chi connectivity index (χ1n) is 7.27. The third-order valence-electron chi connectivity index (χ3n) is 3.45. The Hall–Kier alpha value is -2.22. The summed E-state index contributed by atoms with van der Waals surface area (Å²) < 4.78 is 6.07. The van der Waals surface area contributed by atoms with E-state index in [9.17, 15) is 14.4 Å². The molecule has 1 aliphatic heterocycles. The minimum Gasteiger partial charge on any atom is -0.383 e. The number of carbonyl (C=O) groups excluding carboxylic acids is 2. The Morgan fingerprint density at radius 3 is 3.05 bits per heavy atom. The summed E-state index contributed by atoms with van der Waals surface area (Å²) in [5.41, 5.74) is -0.200. The van der Waals surface area contributed by atoms with Crippen LogP contribution in [-0.2, 0) is 16.1 Å². The second-order valence-electron chi connectivity index (χ2n) is 5.09. The van der Waals surface area contributed by atoms with Gasteiger partial charge in [-0.3, -0.25) is 14.4 Å². The highest BCUT2D eigenvalue weighted by Gasteiger charge is 2.23. The molecule has 1 aromatic rings. The molecule has 0 unspecified atom stereocenters. The molecule has 1 atom stereocenters. The quantitative estimate of drug-likeness (QED) is 0.748. The maximum absolute atomic E-state index is 12.2. The molecule has 1 fully saturated rings. The van der Waals surface area contributed by atoms with E-state index in [1.807, 2.05) is 0 Å². The lowest BCUT2D eigenvalue weighted by Gasteiger charge is -2.15. The van der Waals surface area contributed by atoms with E-state index in [2.05, 4.69) is 15.7 Å². The van der Waals surface area contributed by atoms with Gasteiger partial charge in [0.25, 0.3) is 11.5 Å². The topological polar surface area (TPSA) is 102 Å². The van der Waals surface area contributed by atoms with Crippen LogP contribution in [0.2, 0.25) is 0 Å². The molecule has 0 aliphatic carbocycles. The molecule has 0 saturated carbocycles. The Kier molecular flexibility index (Phi) is 5.65. The van der Waals surface area contributed by atoms with Crippen LogP contribution in [0, 0.1) is 0 Å². The summed E-state index contributed by atoms with van der Waals surface area (Å²) in [6.45, 7) is 1.22. The van der Waals surface area contributed by atoms with Gasteiger partial charge in [-0.2, -0.15) is 5.10 Å². The van der Waals surface area contributed by atoms with Crippen molar-refractivity contribution in [3.8, 4) is 0 Å². The van der Waals surface area contributed by atoms with Gasteiger partial charge in [0.05, 0.1) is 13.2 Å². The monoisotopic (exact) mass is 308 g/mol. The van der Waals surface area contributed by atoms with Gasteiger partial charge in [-0.15, -0.1) is 0 Å². The molecular formula is C14H20N4O4. The summed E-state index contributed by atoms with van der Waals surface area (Å²) in [6.07, 6.45) is 2.36. The summed E-state index contributed by atoms with van der Waals surface area (Å²) in [7, 11) is 1.52. The number of aromatic nitrogens is 2. The summed E-state index contributed by atoms with van der Waals surface area (Å²) in [6, 6.07) is 2.08. The SMILES string of the molecule is COCCn1nc(C(=O)N[C@H]2CCCCNC2=O)ccc1=O. The van der Waals surface area contributed by atoms with Gasteiger partial charge < -0.3 is 15.4 Å². The summed E-state index contributed by atoms with van der Waals surface area (Å²) in [4.78, 5) is 35.7. The maximum Gasteiger partial charge on any atom is 0.272 e. The fraction of sp³-hybridized carbons (Fsp3) is 0.571. The molecule has 2 rings (SSSR count). The van der Waals surface area contributed by atoms with Gasteiger partial charge in [-0.05, 0) is 25.3 Å². The highest BCUT2D eigenvalue weighted by atomic mass is 16.5. The molecule has 0 spiro atoms. The van der Waals surface area contributed by atoms with Gasteiger partial charge in [0.1, 0.15) is 11.7 Å². The van der Waals surface area contributed by atoms with E-state index in [0.717, 1.165) is 12.8 Å². The first-order valence-corrected chi connectivity index (χ1v) is 7.27. The highest BCUT2D eigenvalue weighted by molar-refractivity contribution is 5.96. The standard InChI is InChI=1S/C14H20N4O4/c1-22-9-8-18-12(19)6-5-11(17-18)14(21)16-10-4-2-3-7-15-13(10)20/h5-6,10H,2-4,7-9H2,1H3,(H,15,20)(H,16,21)/t10-/m0/s1. The number of rotatable bonds is 5. The molecule has 0 radical (unpaired) electrons. The van der Waals surface area contributed by atoms with Crippen LogP contribution < -0.4 is 16.2 Å². The largest absolute Gasteiger partial charge is 0.383 e. The van der Waals surface area contributed by atoms with Crippen molar-refractivity contribution in [3.63, 3.8) is 0 Å². The highest BCUT2D eigenvalue weighted by Crippen LogP contribution is 2.06. The van der Waals surface area contributed by atoms with Crippen molar-refractivity contribution in [1.29, 1.82) is 0 Å². The minimum absolute atomic E-state index is 0.104. The molecule has 8 nitrogen and oxygen atoms in total. The van der Waals surface area contributed by atoms with Gasteiger partial charge in [0.2, 0.25) is 5.91 Å².